The van der Waals surface area contributed by atoms with Crippen LogP contribution in [-0.4, -0.2) is 29.9 Å². The van der Waals surface area contributed by atoms with Crippen molar-refractivity contribution in [1.29, 1.82) is 0 Å². The third-order valence-corrected chi connectivity index (χ3v) is 3.82. The van der Waals surface area contributed by atoms with Crippen LogP contribution >= 0.6 is 11.6 Å². The summed E-state index contributed by atoms with van der Waals surface area (Å²) in [5.41, 5.74) is 0.622. The van der Waals surface area contributed by atoms with Gasteiger partial charge in [-0.3, -0.25) is 0 Å². The fourth-order valence-corrected chi connectivity index (χ4v) is 2.66. The molecule has 1 saturated carbocycles. The van der Waals surface area contributed by atoms with Crippen LogP contribution in [0.1, 0.15) is 32.6 Å². The number of carbonyl (C=O) groups is 1. The quantitative estimate of drug-likeness (QED) is 0.799. The molecule has 0 spiro atoms. The van der Waals surface area contributed by atoms with E-state index in [0.717, 1.165) is 25.7 Å². The summed E-state index contributed by atoms with van der Waals surface area (Å²) in [6.07, 6.45) is 2.85. The zero-order valence-corrected chi connectivity index (χ0v) is 12.8. The van der Waals surface area contributed by atoms with Crippen LogP contribution in [0.15, 0.2) is 18.2 Å². The van der Waals surface area contributed by atoms with E-state index in [0.29, 0.717) is 23.1 Å². The van der Waals surface area contributed by atoms with Gasteiger partial charge in [-0.15, -0.1) is 0 Å². The first-order valence-corrected chi connectivity index (χ1v) is 7.64. The lowest BCUT2D eigenvalue weighted by Gasteiger charge is -2.26. The minimum atomic E-state index is -0.253. The Kier molecular flexibility index (Phi) is 5.70. The molecule has 0 saturated heterocycles. The van der Waals surface area contributed by atoms with E-state index in [-0.39, 0.29) is 18.2 Å². The molecule has 116 valence electrons. The van der Waals surface area contributed by atoms with E-state index in [1.54, 1.807) is 18.2 Å². The maximum Gasteiger partial charge on any atom is 0.319 e. The Morgan fingerprint density at radius 2 is 2.10 bits per heavy atom. The Labute approximate surface area is 129 Å². The van der Waals surface area contributed by atoms with E-state index in [4.69, 9.17) is 16.3 Å². The maximum absolute atomic E-state index is 11.9. The Balaban J connectivity index is 1.86. The number of carbonyl (C=O) groups excluding carboxylic acids is 1. The molecule has 2 amide bonds. The van der Waals surface area contributed by atoms with Crippen molar-refractivity contribution in [3.8, 4) is 5.75 Å². The molecule has 6 heteroatoms. The number of aliphatic hydroxyl groups is 1. The minimum Gasteiger partial charge on any atom is -0.492 e. The molecule has 21 heavy (non-hydrogen) atoms. The Morgan fingerprint density at radius 3 is 2.71 bits per heavy atom. The second-order valence-electron chi connectivity index (χ2n) is 5.18. The van der Waals surface area contributed by atoms with Gasteiger partial charge in [-0.2, -0.15) is 0 Å². The number of nitrogens with one attached hydrogen (secondary N) is 2. The summed E-state index contributed by atoms with van der Waals surface area (Å²) in [4.78, 5) is 11.9. The van der Waals surface area contributed by atoms with Crippen LogP contribution < -0.4 is 15.4 Å². The van der Waals surface area contributed by atoms with Crippen LogP contribution in [0.4, 0.5) is 10.5 Å². The van der Waals surface area contributed by atoms with Crippen LogP contribution in [0.3, 0.4) is 0 Å². The largest absolute Gasteiger partial charge is 0.492 e. The van der Waals surface area contributed by atoms with Crippen molar-refractivity contribution in [1.82, 2.24) is 5.32 Å². The zero-order chi connectivity index (χ0) is 15.2. The lowest BCUT2D eigenvalue weighted by atomic mass is 9.93. The van der Waals surface area contributed by atoms with Crippen molar-refractivity contribution in [2.45, 2.75) is 44.8 Å². The fraction of sp³-hybridized carbons (Fsp3) is 0.533. The molecule has 0 aromatic heterocycles. The van der Waals surface area contributed by atoms with Gasteiger partial charge in [0.1, 0.15) is 5.75 Å². The Bertz CT molecular complexity index is 488. The van der Waals surface area contributed by atoms with E-state index in [2.05, 4.69) is 10.6 Å². The monoisotopic (exact) mass is 312 g/mol. The number of anilines is 1. The topological polar surface area (TPSA) is 70.6 Å². The van der Waals surface area contributed by atoms with Gasteiger partial charge in [-0.05, 0) is 50.8 Å². The predicted octanol–water partition coefficient (Wildman–Crippen LogP) is 3.16. The van der Waals surface area contributed by atoms with Crippen LogP contribution in [0, 0.1) is 0 Å². The van der Waals surface area contributed by atoms with Crippen LogP contribution in [0.25, 0.3) is 0 Å². The Hall–Kier alpha value is -1.46. The van der Waals surface area contributed by atoms with Gasteiger partial charge in [0.15, 0.2) is 0 Å². The molecular weight excluding hydrogens is 292 g/mol. The lowest BCUT2D eigenvalue weighted by Crippen LogP contribution is -2.40. The zero-order valence-electron chi connectivity index (χ0n) is 12.1. The number of urea groups is 1. The predicted molar refractivity (Wildman–Crippen MR) is 83.0 cm³/mol. The van der Waals surface area contributed by atoms with E-state index in [9.17, 15) is 9.90 Å². The molecule has 0 radical (unpaired) electrons. The van der Waals surface area contributed by atoms with Crippen LogP contribution in [-0.2, 0) is 0 Å². The molecule has 0 atom stereocenters. The standard InChI is InChI=1S/C15H21ClN2O3/c1-2-21-14-8-5-11(9-13(14)16)18-15(20)17-10-3-6-12(19)7-4-10/h5,8-10,12,19H,2-4,6-7H2,1H3,(H2,17,18,20). The van der Waals surface area contributed by atoms with E-state index >= 15 is 0 Å². The molecule has 0 bridgehead atoms. The highest BCUT2D eigenvalue weighted by molar-refractivity contribution is 6.32. The first-order valence-electron chi connectivity index (χ1n) is 7.26. The third kappa shape index (κ3) is 4.79. The van der Waals surface area contributed by atoms with Gasteiger partial charge < -0.3 is 20.5 Å². The molecule has 2 rings (SSSR count). The summed E-state index contributed by atoms with van der Waals surface area (Å²) in [7, 11) is 0. The highest BCUT2D eigenvalue weighted by Crippen LogP contribution is 2.27. The molecule has 5 nitrogen and oxygen atoms in total. The molecule has 1 fully saturated rings. The van der Waals surface area contributed by atoms with E-state index < -0.39 is 0 Å². The van der Waals surface area contributed by atoms with Crippen molar-refractivity contribution < 1.29 is 14.6 Å². The summed E-state index contributed by atoms with van der Waals surface area (Å²) in [6.45, 7) is 2.43. The highest BCUT2D eigenvalue weighted by atomic mass is 35.5. The van der Waals surface area contributed by atoms with Crippen molar-refractivity contribution in [3.05, 3.63) is 23.2 Å². The van der Waals surface area contributed by atoms with Gasteiger partial charge in [-0.25, -0.2) is 4.79 Å². The highest BCUT2D eigenvalue weighted by Gasteiger charge is 2.20. The van der Waals surface area contributed by atoms with E-state index in [1.165, 1.54) is 0 Å². The fourth-order valence-electron chi connectivity index (χ4n) is 2.42. The first-order chi connectivity index (χ1) is 10.1. The number of rotatable bonds is 4. The Morgan fingerprint density at radius 1 is 1.38 bits per heavy atom. The van der Waals surface area contributed by atoms with Gasteiger partial charge in [0.25, 0.3) is 0 Å². The molecular formula is C15H21ClN2O3. The molecule has 1 aliphatic carbocycles. The van der Waals surface area contributed by atoms with E-state index in [1.807, 2.05) is 6.92 Å². The summed E-state index contributed by atoms with van der Waals surface area (Å²) in [6, 6.07) is 5.01. The number of aliphatic hydroxyl groups excluding tert-OH is 1. The van der Waals surface area contributed by atoms with Gasteiger partial charge in [-0.1, -0.05) is 11.6 Å². The smallest absolute Gasteiger partial charge is 0.319 e. The SMILES string of the molecule is CCOc1ccc(NC(=O)NC2CCC(O)CC2)cc1Cl. The van der Waals surface area contributed by atoms with Gasteiger partial charge in [0.2, 0.25) is 0 Å². The van der Waals surface area contributed by atoms with Gasteiger partial charge in [0, 0.05) is 11.7 Å². The molecule has 1 aromatic carbocycles. The van der Waals surface area contributed by atoms with Crippen LogP contribution in [0.5, 0.6) is 5.75 Å². The molecule has 0 aliphatic heterocycles. The summed E-state index contributed by atoms with van der Waals surface area (Å²) in [5.74, 6) is 0.603. The molecule has 0 unspecified atom stereocenters. The van der Waals surface area contributed by atoms with Crippen molar-refractivity contribution in [2.24, 2.45) is 0 Å². The molecule has 1 aliphatic rings. The van der Waals surface area contributed by atoms with Gasteiger partial charge >= 0.3 is 6.03 Å². The van der Waals surface area contributed by atoms with Gasteiger partial charge in [0.05, 0.1) is 17.7 Å². The number of hydrogen-bond donors (Lipinski definition) is 3. The van der Waals surface area contributed by atoms with Crippen molar-refractivity contribution >= 4 is 23.3 Å². The van der Waals surface area contributed by atoms with Crippen LogP contribution in [0.2, 0.25) is 5.02 Å². The average molecular weight is 313 g/mol. The number of halogens is 1. The minimum absolute atomic E-state index is 0.117. The number of benzene rings is 1. The number of amides is 2. The second-order valence-corrected chi connectivity index (χ2v) is 5.59. The number of ether oxygens (including phenoxy) is 1. The number of hydrogen-bond acceptors (Lipinski definition) is 3. The molecule has 1 aromatic rings. The summed E-state index contributed by atoms with van der Waals surface area (Å²) >= 11 is 6.08. The lowest BCUT2D eigenvalue weighted by molar-refractivity contribution is 0.118. The van der Waals surface area contributed by atoms with Crippen molar-refractivity contribution in [3.63, 3.8) is 0 Å². The summed E-state index contributed by atoms with van der Waals surface area (Å²) in [5, 5.41) is 15.6. The molecule has 0 heterocycles. The second kappa shape index (κ2) is 7.52. The molecule has 3 N–H and O–H groups in total. The first kappa shape index (κ1) is 15.9. The normalized spacial score (nSPS) is 21.7. The van der Waals surface area contributed by atoms with Crippen molar-refractivity contribution in [2.75, 3.05) is 11.9 Å². The average Bonchev–Trinajstić information content (AvgIpc) is 2.44. The summed E-state index contributed by atoms with van der Waals surface area (Å²) < 4.78 is 5.34. The maximum atomic E-state index is 11.9. The third-order valence-electron chi connectivity index (χ3n) is 3.52.